The Labute approximate surface area is 125 Å². The summed E-state index contributed by atoms with van der Waals surface area (Å²) in [6.07, 6.45) is 1.37. The number of amides is 1. The second-order valence-electron chi connectivity index (χ2n) is 4.26. The predicted octanol–water partition coefficient (Wildman–Crippen LogP) is 2.35. The molecule has 2 rings (SSSR count). The maximum atomic E-state index is 11.7. The van der Waals surface area contributed by atoms with E-state index in [-0.39, 0.29) is 17.2 Å². The SMILES string of the molecule is COc1ccc(/C(C)=N\NC(=O)c2ccco2)cc1[N+](=O)[O-]. The lowest BCUT2D eigenvalue weighted by molar-refractivity contribution is -0.385. The van der Waals surface area contributed by atoms with Gasteiger partial charge in [0, 0.05) is 11.6 Å². The van der Waals surface area contributed by atoms with Crippen molar-refractivity contribution in [3.63, 3.8) is 0 Å². The van der Waals surface area contributed by atoms with Gasteiger partial charge in [-0.05, 0) is 31.2 Å². The Hall–Kier alpha value is -3.16. The van der Waals surface area contributed by atoms with Crippen molar-refractivity contribution in [3.8, 4) is 5.75 Å². The van der Waals surface area contributed by atoms with Crippen molar-refractivity contribution in [2.45, 2.75) is 6.92 Å². The Kier molecular flexibility index (Phi) is 4.52. The Morgan fingerprint density at radius 3 is 2.77 bits per heavy atom. The van der Waals surface area contributed by atoms with Crippen LogP contribution in [0.4, 0.5) is 5.69 Å². The summed E-state index contributed by atoms with van der Waals surface area (Å²) in [7, 11) is 1.35. The second-order valence-corrected chi connectivity index (χ2v) is 4.26. The molecule has 8 nitrogen and oxygen atoms in total. The number of nitro groups is 1. The third-order valence-electron chi connectivity index (χ3n) is 2.86. The van der Waals surface area contributed by atoms with Gasteiger partial charge in [0.1, 0.15) is 0 Å². The topological polar surface area (TPSA) is 107 Å². The van der Waals surface area contributed by atoms with Gasteiger partial charge in [-0.1, -0.05) is 0 Å². The summed E-state index contributed by atoms with van der Waals surface area (Å²) >= 11 is 0. The minimum Gasteiger partial charge on any atom is -0.490 e. The smallest absolute Gasteiger partial charge is 0.311 e. The number of nitrogens with zero attached hydrogens (tertiary/aromatic N) is 2. The molecule has 0 fully saturated rings. The molecule has 0 atom stereocenters. The van der Waals surface area contributed by atoms with Gasteiger partial charge in [-0.25, -0.2) is 5.43 Å². The first kappa shape index (κ1) is 15.2. The summed E-state index contributed by atoms with van der Waals surface area (Å²) in [5, 5.41) is 14.9. The number of carbonyl (C=O) groups excluding carboxylic acids is 1. The minimum atomic E-state index is -0.545. The van der Waals surface area contributed by atoms with E-state index in [1.807, 2.05) is 0 Å². The highest BCUT2D eigenvalue weighted by Crippen LogP contribution is 2.27. The maximum absolute atomic E-state index is 11.7. The molecule has 0 aliphatic rings. The Balaban J connectivity index is 2.20. The summed E-state index contributed by atoms with van der Waals surface area (Å²) in [5.74, 6) is -0.231. The van der Waals surface area contributed by atoms with Crippen LogP contribution in [0, 0.1) is 10.1 Å². The Bertz CT molecular complexity index is 722. The molecule has 1 heterocycles. The molecule has 0 saturated carbocycles. The van der Waals surface area contributed by atoms with Gasteiger partial charge in [-0.2, -0.15) is 5.10 Å². The zero-order valence-electron chi connectivity index (χ0n) is 11.9. The molecule has 1 aromatic carbocycles. The number of nitro benzene ring substituents is 1. The van der Waals surface area contributed by atoms with E-state index in [4.69, 9.17) is 9.15 Å². The number of hydrogen-bond donors (Lipinski definition) is 1. The van der Waals surface area contributed by atoms with E-state index >= 15 is 0 Å². The molecule has 0 aliphatic carbocycles. The molecule has 2 aromatic rings. The lowest BCUT2D eigenvalue weighted by atomic mass is 10.1. The summed E-state index contributed by atoms with van der Waals surface area (Å²) in [6.45, 7) is 1.62. The molecular weight excluding hydrogens is 290 g/mol. The van der Waals surface area contributed by atoms with Crippen molar-refractivity contribution >= 4 is 17.3 Å². The van der Waals surface area contributed by atoms with E-state index in [1.54, 1.807) is 19.1 Å². The van der Waals surface area contributed by atoms with Gasteiger partial charge in [0.25, 0.3) is 0 Å². The van der Waals surface area contributed by atoms with Gasteiger partial charge < -0.3 is 9.15 Å². The van der Waals surface area contributed by atoms with E-state index in [0.29, 0.717) is 11.3 Å². The molecule has 1 N–H and O–H groups in total. The number of rotatable bonds is 5. The van der Waals surface area contributed by atoms with Crippen molar-refractivity contribution in [1.29, 1.82) is 0 Å². The number of hydrazone groups is 1. The largest absolute Gasteiger partial charge is 0.490 e. The summed E-state index contributed by atoms with van der Waals surface area (Å²) in [6, 6.07) is 7.50. The van der Waals surface area contributed by atoms with Gasteiger partial charge in [-0.15, -0.1) is 0 Å². The molecule has 0 spiro atoms. The van der Waals surface area contributed by atoms with Crippen molar-refractivity contribution in [1.82, 2.24) is 5.43 Å². The van der Waals surface area contributed by atoms with Crippen LogP contribution in [0.25, 0.3) is 0 Å². The fourth-order valence-corrected chi connectivity index (χ4v) is 1.72. The highest BCUT2D eigenvalue weighted by atomic mass is 16.6. The van der Waals surface area contributed by atoms with Crippen LogP contribution in [0.3, 0.4) is 0 Å². The van der Waals surface area contributed by atoms with Crippen LogP contribution in [-0.4, -0.2) is 23.7 Å². The molecule has 114 valence electrons. The zero-order chi connectivity index (χ0) is 16.1. The highest BCUT2D eigenvalue weighted by molar-refractivity contribution is 6.01. The van der Waals surface area contributed by atoms with Crippen LogP contribution < -0.4 is 10.2 Å². The van der Waals surface area contributed by atoms with Gasteiger partial charge >= 0.3 is 11.6 Å². The van der Waals surface area contributed by atoms with Gasteiger partial charge in [0.15, 0.2) is 11.5 Å². The molecule has 1 aromatic heterocycles. The van der Waals surface area contributed by atoms with E-state index in [1.165, 1.54) is 31.6 Å². The van der Waals surface area contributed by atoms with Crippen LogP contribution in [-0.2, 0) is 0 Å². The number of furan rings is 1. The Morgan fingerprint density at radius 1 is 1.41 bits per heavy atom. The van der Waals surface area contributed by atoms with Crippen LogP contribution in [0.15, 0.2) is 46.1 Å². The van der Waals surface area contributed by atoms with E-state index in [9.17, 15) is 14.9 Å². The van der Waals surface area contributed by atoms with E-state index in [2.05, 4.69) is 10.5 Å². The minimum absolute atomic E-state index is 0.122. The number of benzene rings is 1. The normalized spacial score (nSPS) is 11.1. The standard InChI is InChI=1S/C14H13N3O5/c1-9(15-16-14(18)13-4-3-7-22-13)10-5-6-12(21-2)11(8-10)17(19)20/h3-8H,1-2H3,(H,16,18)/b15-9-. The maximum Gasteiger partial charge on any atom is 0.311 e. The third-order valence-corrected chi connectivity index (χ3v) is 2.86. The van der Waals surface area contributed by atoms with Crippen molar-refractivity contribution in [2.24, 2.45) is 5.10 Å². The lowest BCUT2D eigenvalue weighted by Gasteiger charge is -2.05. The molecule has 1 amide bonds. The molecular formula is C14H13N3O5. The molecule has 8 heteroatoms. The number of carbonyl (C=O) groups is 1. The summed E-state index contributed by atoms with van der Waals surface area (Å²) in [4.78, 5) is 22.1. The molecule has 0 saturated heterocycles. The summed E-state index contributed by atoms with van der Waals surface area (Å²) in [5.41, 5.74) is 3.04. The third kappa shape index (κ3) is 3.29. The monoisotopic (exact) mass is 303 g/mol. The van der Waals surface area contributed by atoms with Crippen molar-refractivity contribution in [2.75, 3.05) is 7.11 Å². The van der Waals surface area contributed by atoms with Gasteiger partial charge in [-0.3, -0.25) is 14.9 Å². The number of ether oxygens (including phenoxy) is 1. The van der Waals surface area contributed by atoms with Crippen LogP contribution in [0.1, 0.15) is 23.0 Å². The molecule has 0 unspecified atom stereocenters. The summed E-state index contributed by atoms with van der Waals surface area (Å²) < 4.78 is 9.85. The molecule has 0 radical (unpaired) electrons. The first-order valence-corrected chi connectivity index (χ1v) is 6.24. The molecule has 0 aliphatic heterocycles. The fourth-order valence-electron chi connectivity index (χ4n) is 1.72. The van der Waals surface area contributed by atoms with Gasteiger partial charge in [0.2, 0.25) is 0 Å². The molecule has 22 heavy (non-hydrogen) atoms. The first-order chi connectivity index (χ1) is 10.5. The van der Waals surface area contributed by atoms with Gasteiger partial charge in [0.05, 0.1) is 24.0 Å². The van der Waals surface area contributed by atoms with E-state index < -0.39 is 10.8 Å². The average molecular weight is 303 g/mol. The number of nitrogens with one attached hydrogen (secondary N) is 1. The number of methoxy groups -OCH3 is 1. The average Bonchev–Trinajstić information content (AvgIpc) is 3.06. The lowest BCUT2D eigenvalue weighted by Crippen LogP contribution is -2.18. The van der Waals surface area contributed by atoms with Crippen molar-refractivity contribution < 1.29 is 18.9 Å². The first-order valence-electron chi connectivity index (χ1n) is 6.24. The highest BCUT2D eigenvalue weighted by Gasteiger charge is 2.16. The zero-order valence-corrected chi connectivity index (χ0v) is 11.9. The molecule has 0 bridgehead atoms. The van der Waals surface area contributed by atoms with Crippen LogP contribution >= 0.6 is 0 Å². The van der Waals surface area contributed by atoms with Crippen molar-refractivity contribution in [3.05, 3.63) is 58.0 Å². The second kappa shape index (κ2) is 6.53. The van der Waals surface area contributed by atoms with E-state index in [0.717, 1.165) is 0 Å². The quantitative estimate of drug-likeness (QED) is 0.518. The fraction of sp³-hybridized carbons (Fsp3) is 0.143. The predicted molar refractivity (Wildman–Crippen MR) is 78.0 cm³/mol. The number of hydrogen-bond acceptors (Lipinski definition) is 6. The Morgan fingerprint density at radius 2 is 2.18 bits per heavy atom. The van der Waals surface area contributed by atoms with Crippen LogP contribution in [0.5, 0.6) is 5.75 Å². The van der Waals surface area contributed by atoms with Crippen LogP contribution in [0.2, 0.25) is 0 Å².